The van der Waals surface area contributed by atoms with E-state index in [4.69, 9.17) is 0 Å². The number of carbonyl (C=O) groups excluding carboxylic acids is 2. The summed E-state index contributed by atoms with van der Waals surface area (Å²) in [6.45, 7) is 2.03. The Kier molecular flexibility index (Phi) is 6.40. The maximum absolute atomic E-state index is 12.1. The van der Waals surface area contributed by atoms with Gasteiger partial charge in [-0.15, -0.1) is 0 Å². The van der Waals surface area contributed by atoms with E-state index in [-0.39, 0.29) is 12.6 Å². The summed E-state index contributed by atoms with van der Waals surface area (Å²) in [4.78, 5) is 24.1. The number of amides is 2. The molecule has 0 aliphatic rings. The lowest BCUT2D eigenvalue weighted by Gasteiger charge is -2.16. The van der Waals surface area contributed by atoms with Crippen molar-refractivity contribution in [3.63, 3.8) is 0 Å². The number of fused-ring (bicyclic) bond motifs is 1. The normalized spacial score (nSPS) is 12.9. The second-order valence-electron chi connectivity index (χ2n) is 6.73. The van der Waals surface area contributed by atoms with Crippen molar-refractivity contribution in [2.75, 3.05) is 6.54 Å². The van der Waals surface area contributed by atoms with Gasteiger partial charge in [-0.2, -0.15) is 0 Å². The molecule has 0 bridgehead atoms. The number of aliphatic hydroxyl groups is 1. The smallest absolute Gasteiger partial charge is 0.309 e. The molecular formula is C23H24N2O3. The minimum Gasteiger partial charge on any atom is -0.388 e. The van der Waals surface area contributed by atoms with Crippen LogP contribution in [0.25, 0.3) is 10.8 Å². The zero-order valence-electron chi connectivity index (χ0n) is 15.8. The fourth-order valence-electron chi connectivity index (χ4n) is 3.19. The number of benzene rings is 3. The molecule has 3 aromatic rings. The molecular weight excluding hydrogens is 352 g/mol. The van der Waals surface area contributed by atoms with Gasteiger partial charge in [-0.25, -0.2) is 0 Å². The van der Waals surface area contributed by atoms with Crippen LogP contribution in [0.15, 0.2) is 72.8 Å². The quantitative estimate of drug-likeness (QED) is 0.578. The van der Waals surface area contributed by atoms with Crippen molar-refractivity contribution >= 4 is 22.6 Å². The van der Waals surface area contributed by atoms with E-state index >= 15 is 0 Å². The summed E-state index contributed by atoms with van der Waals surface area (Å²) in [6.07, 6.45) is -0.404. The van der Waals surface area contributed by atoms with Crippen LogP contribution in [-0.2, 0) is 9.59 Å². The maximum atomic E-state index is 12.1. The van der Waals surface area contributed by atoms with Gasteiger partial charge in [0.25, 0.3) is 0 Å². The molecule has 3 rings (SSSR count). The number of rotatable bonds is 6. The minimum absolute atomic E-state index is 0.205. The van der Waals surface area contributed by atoms with Gasteiger partial charge in [0.15, 0.2) is 0 Å². The predicted molar refractivity (Wildman–Crippen MR) is 110 cm³/mol. The van der Waals surface area contributed by atoms with E-state index in [0.29, 0.717) is 6.42 Å². The lowest BCUT2D eigenvalue weighted by Crippen LogP contribution is -2.41. The van der Waals surface area contributed by atoms with E-state index in [1.54, 1.807) is 0 Å². The molecule has 0 aliphatic carbocycles. The molecule has 0 unspecified atom stereocenters. The van der Waals surface area contributed by atoms with Crippen molar-refractivity contribution in [3.8, 4) is 0 Å². The molecule has 2 amide bonds. The average molecular weight is 376 g/mol. The van der Waals surface area contributed by atoms with Crippen LogP contribution in [0.5, 0.6) is 0 Å². The van der Waals surface area contributed by atoms with Crippen molar-refractivity contribution in [3.05, 3.63) is 83.9 Å². The minimum atomic E-state index is -0.724. The van der Waals surface area contributed by atoms with Gasteiger partial charge >= 0.3 is 11.8 Å². The Bertz CT molecular complexity index is 951. The van der Waals surface area contributed by atoms with Gasteiger partial charge in [0, 0.05) is 6.54 Å². The molecule has 2 atom stereocenters. The Morgan fingerprint density at radius 3 is 2.36 bits per heavy atom. The zero-order valence-corrected chi connectivity index (χ0v) is 15.8. The Labute approximate surface area is 164 Å². The number of hydrogen-bond donors (Lipinski definition) is 3. The monoisotopic (exact) mass is 376 g/mol. The van der Waals surface area contributed by atoms with Gasteiger partial charge in [0.1, 0.15) is 0 Å². The first-order valence-electron chi connectivity index (χ1n) is 9.35. The van der Waals surface area contributed by atoms with Crippen LogP contribution in [-0.4, -0.2) is 23.5 Å². The lowest BCUT2D eigenvalue weighted by molar-refractivity contribution is -0.139. The third-order valence-electron chi connectivity index (χ3n) is 4.74. The average Bonchev–Trinajstić information content (AvgIpc) is 2.73. The Hall–Kier alpha value is -3.18. The Morgan fingerprint density at radius 2 is 1.57 bits per heavy atom. The van der Waals surface area contributed by atoms with Gasteiger partial charge in [-0.3, -0.25) is 9.59 Å². The van der Waals surface area contributed by atoms with E-state index in [0.717, 1.165) is 21.9 Å². The molecule has 5 nitrogen and oxygen atoms in total. The largest absolute Gasteiger partial charge is 0.388 e. The fraction of sp³-hybridized carbons (Fsp3) is 0.217. The van der Waals surface area contributed by atoms with E-state index in [2.05, 4.69) is 10.6 Å². The fourth-order valence-corrected chi connectivity index (χ4v) is 3.19. The summed E-state index contributed by atoms with van der Waals surface area (Å²) in [7, 11) is 0. The van der Waals surface area contributed by atoms with E-state index < -0.39 is 17.9 Å². The highest BCUT2D eigenvalue weighted by atomic mass is 16.3. The van der Waals surface area contributed by atoms with Crippen LogP contribution < -0.4 is 10.6 Å². The van der Waals surface area contributed by atoms with Crippen LogP contribution in [0, 0.1) is 0 Å². The Balaban J connectivity index is 1.51. The second-order valence-corrected chi connectivity index (χ2v) is 6.73. The van der Waals surface area contributed by atoms with Gasteiger partial charge < -0.3 is 15.7 Å². The summed E-state index contributed by atoms with van der Waals surface area (Å²) < 4.78 is 0. The first kappa shape index (κ1) is 19.6. The van der Waals surface area contributed by atoms with Crippen LogP contribution >= 0.6 is 0 Å². The zero-order chi connectivity index (χ0) is 19.9. The van der Waals surface area contributed by atoms with Crippen molar-refractivity contribution in [1.82, 2.24) is 10.6 Å². The number of carbonyl (C=O) groups is 2. The molecule has 0 spiro atoms. The second kappa shape index (κ2) is 9.15. The summed E-state index contributed by atoms with van der Waals surface area (Å²) >= 11 is 0. The van der Waals surface area contributed by atoms with Gasteiger partial charge in [0.05, 0.1) is 12.1 Å². The van der Waals surface area contributed by atoms with Crippen molar-refractivity contribution in [1.29, 1.82) is 0 Å². The van der Waals surface area contributed by atoms with Crippen LogP contribution in [0.3, 0.4) is 0 Å². The number of aliphatic hydroxyl groups excluding tert-OH is 1. The third-order valence-corrected chi connectivity index (χ3v) is 4.74. The molecule has 3 N–H and O–H groups in total. The predicted octanol–water partition coefficient (Wildman–Crippen LogP) is 3.26. The SMILES string of the molecule is C[C@@H](NC(=O)C(=O)NCC[C@H](O)c1cccc2ccccc12)c1ccccc1. The first-order valence-corrected chi connectivity index (χ1v) is 9.35. The topological polar surface area (TPSA) is 78.4 Å². The maximum Gasteiger partial charge on any atom is 0.309 e. The molecule has 0 aliphatic heterocycles. The highest BCUT2D eigenvalue weighted by Crippen LogP contribution is 2.25. The summed E-state index contributed by atoms with van der Waals surface area (Å²) in [5.74, 6) is -1.39. The highest BCUT2D eigenvalue weighted by molar-refractivity contribution is 6.35. The molecule has 0 fully saturated rings. The van der Waals surface area contributed by atoms with Crippen LogP contribution in [0.4, 0.5) is 0 Å². The first-order chi connectivity index (χ1) is 13.6. The van der Waals surface area contributed by atoms with Gasteiger partial charge in [0.2, 0.25) is 0 Å². The summed E-state index contributed by atoms with van der Waals surface area (Å²) in [5.41, 5.74) is 1.74. The third kappa shape index (κ3) is 4.75. The Morgan fingerprint density at radius 1 is 0.893 bits per heavy atom. The molecule has 5 heteroatoms. The summed E-state index contributed by atoms with van der Waals surface area (Å²) in [5, 5.41) is 17.8. The standard InChI is InChI=1S/C23H24N2O3/c1-16(17-8-3-2-4-9-17)25-23(28)22(27)24-15-14-21(26)20-13-7-11-18-10-5-6-12-19(18)20/h2-13,16,21,26H,14-15H2,1H3,(H,24,27)(H,25,28)/t16-,21+/m1/s1. The van der Waals surface area contributed by atoms with Gasteiger partial charge in [-0.05, 0) is 35.2 Å². The summed E-state index contributed by atoms with van der Waals surface area (Å²) in [6, 6.07) is 22.8. The molecule has 144 valence electrons. The molecule has 3 aromatic carbocycles. The van der Waals surface area contributed by atoms with Crippen molar-refractivity contribution < 1.29 is 14.7 Å². The highest BCUT2D eigenvalue weighted by Gasteiger charge is 2.17. The van der Waals surface area contributed by atoms with E-state index in [9.17, 15) is 14.7 Å². The van der Waals surface area contributed by atoms with Crippen LogP contribution in [0.1, 0.15) is 36.6 Å². The number of nitrogens with one attached hydrogen (secondary N) is 2. The molecule has 0 aromatic heterocycles. The van der Waals surface area contributed by atoms with E-state index in [1.807, 2.05) is 79.7 Å². The van der Waals surface area contributed by atoms with E-state index in [1.165, 1.54) is 0 Å². The molecule has 0 radical (unpaired) electrons. The molecule has 28 heavy (non-hydrogen) atoms. The van der Waals surface area contributed by atoms with Crippen molar-refractivity contribution in [2.24, 2.45) is 0 Å². The molecule has 0 heterocycles. The van der Waals surface area contributed by atoms with Crippen LogP contribution in [0.2, 0.25) is 0 Å². The number of hydrogen-bond acceptors (Lipinski definition) is 3. The lowest BCUT2D eigenvalue weighted by atomic mass is 9.99. The molecule has 0 saturated heterocycles. The molecule has 0 saturated carbocycles. The van der Waals surface area contributed by atoms with Gasteiger partial charge in [-0.1, -0.05) is 72.8 Å². The van der Waals surface area contributed by atoms with Crippen molar-refractivity contribution in [2.45, 2.75) is 25.5 Å².